The van der Waals surface area contributed by atoms with E-state index in [4.69, 9.17) is 4.42 Å². The number of rotatable bonds is 7. The smallest absolute Gasteiger partial charge is 0.274 e. The van der Waals surface area contributed by atoms with E-state index in [-0.39, 0.29) is 24.1 Å². The summed E-state index contributed by atoms with van der Waals surface area (Å²) >= 11 is 1.49. The Balaban J connectivity index is 2.00. The maximum atomic E-state index is 12.2. The Morgan fingerprint density at radius 3 is 2.86 bits per heavy atom. The number of hydrogen-bond acceptors (Lipinski definition) is 5. The lowest BCUT2D eigenvalue weighted by molar-refractivity contribution is 0.0813. The Morgan fingerprint density at radius 1 is 1.48 bits per heavy atom. The van der Waals surface area contributed by atoms with Gasteiger partial charge in [-0.2, -0.15) is 0 Å². The Morgan fingerprint density at radius 2 is 2.24 bits per heavy atom. The highest BCUT2D eigenvalue weighted by atomic mass is 32.1. The molecular weight excluding hydrogens is 288 g/mol. The van der Waals surface area contributed by atoms with Gasteiger partial charge in [-0.1, -0.05) is 32.8 Å². The summed E-state index contributed by atoms with van der Waals surface area (Å²) in [4.78, 5) is 17.0. The van der Waals surface area contributed by atoms with Crippen LogP contribution in [0, 0.1) is 5.92 Å². The van der Waals surface area contributed by atoms with Crippen molar-refractivity contribution in [3.05, 3.63) is 29.6 Å². The zero-order valence-corrected chi connectivity index (χ0v) is 13.0. The van der Waals surface area contributed by atoms with E-state index in [0.717, 1.165) is 17.7 Å². The molecule has 6 heteroatoms. The highest BCUT2D eigenvalue weighted by Gasteiger charge is 2.21. The van der Waals surface area contributed by atoms with Crippen LogP contribution in [-0.4, -0.2) is 28.6 Å². The number of nitrogens with one attached hydrogen (secondary N) is 1. The van der Waals surface area contributed by atoms with Crippen molar-refractivity contribution in [3.8, 4) is 10.6 Å². The van der Waals surface area contributed by atoms with Crippen molar-refractivity contribution in [2.45, 2.75) is 32.8 Å². The van der Waals surface area contributed by atoms with Crippen LogP contribution in [0.4, 0.5) is 0 Å². The van der Waals surface area contributed by atoms with Crippen LogP contribution in [0.2, 0.25) is 0 Å². The number of amides is 1. The fourth-order valence-corrected chi connectivity index (χ4v) is 2.98. The van der Waals surface area contributed by atoms with E-state index in [1.165, 1.54) is 17.7 Å². The zero-order valence-electron chi connectivity index (χ0n) is 12.2. The summed E-state index contributed by atoms with van der Waals surface area (Å²) in [5, 5.41) is 14.7. The number of aliphatic hydroxyl groups excluding tert-OH is 1. The lowest BCUT2D eigenvalue weighted by atomic mass is 9.96. The van der Waals surface area contributed by atoms with Crippen LogP contribution in [-0.2, 0) is 0 Å². The maximum Gasteiger partial charge on any atom is 0.274 e. The molecule has 2 N–H and O–H groups in total. The Bertz CT molecular complexity index is 561. The molecule has 0 saturated carbocycles. The zero-order chi connectivity index (χ0) is 15.2. The number of carbonyl (C=O) groups is 1. The molecule has 0 radical (unpaired) electrons. The van der Waals surface area contributed by atoms with Crippen LogP contribution in [0.1, 0.15) is 37.2 Å². The third-order valence-electron chi connectivity index (χ3n) is 3.59. The Labute approximate surface area is 128 Å². The van der Waals surface area contributed by atoms with Gasteiger partial charge in [0.15, 0.2) is 17.8 Å². The molecule has 1 amide bonds. The van der Waals surface area contributed by atoms with Crippen LogP contribution >= 0.6 is 11.3 Å². The molecule has 21 heavy (non-hydrogen) atoms. The summed E-state index contributed by atoms with van der Waals surface area (Å²) < 4.78 is 5.30. The normalized spacial score (nSPS) is 12.6. The van der Waals surface area contributed by atoms with Gasteiger partial charge in [0.1, 0.15) is 0 Å². The van der Waals surface area contributed by atoms with Gasteiger partial charge in [0.05, 0.1) is 11.0 Å². The van der Waals surface area contributed by atoms with Crippen molar-refractivity contribution >= 4 is 17.2 Å². The van der Waals surface area contributed by atoms with Gasteiger partial charge in [0, 0.05) is 6.54 Å². The quantitative estimate of drug-likeness (QED) is 0.824. The Hall–Kier alpha value is -1.66. The molecule has 5 nitrogen and oxygen atoms in total. The number of thiophene rings is 1. The molecule has 2 aromatic heterocycles. The predicted molar refractivity (Wildman–Crippen MR) is 82.2 cm³/mol. The van der Waals surface area contributed by atoms with Crippen molar-refractivity contribution in [1.29, 1.82) is 0 Å². The molecule has 0 fully saturated rings. The van der Waals surface area contributed by atoms with E-state index in [2.05, 4.69) is 10.3 Å². The minimum absolute atomic E-state index is 0.194. The molecule has 0 aliphatic carbocycles. The number of oxazole rings is 1. The number of hydrogen-bond donors (Lipinski definition) is 2. The first-order valence-electron chi connectivity index (χ1n) is 7.10. The van der Waals surface area contributed by atoms with Gasteiger partial charge in [-0.3, -0.25) is 4.79 Å². The number of aliphatic hydroxyl groups is 1. The molecule has 0 aromatic carbocycles. The van der Waals surface area contributed by atoms with Gasteiger partial charge in [0.2, 0.25) is 0 Å². The first kappa shape index (κ1) is 15.7. The van der Waals surface area contributed by atoms with E-state index in [9.17, 15) is 9.90 Å². The SMILES string of the molecule is CCC(CC)C(O)CNC(=O)c1ncoc1-c1cccs1. The van der Waals surface area contributed by atoms with Crippen molar-refractivity contribution in [3.63, 3.8) is 0 Å². The minimum Gasteiger partial charge on any atom is -0.442 e. The third kappa shape index (κ3) is 3.71. The predicted octanol–water partition coefficient (Wildman–Crippen LogP) is 2.93. The second kappa shape index (κ2) is 7.38. The molecule has 2 aromatic rings. The van der Waals surface area contributed by atoms with Gasteiger partial charge in [0.25, 0.3) is 5.91 Å². The second-order valence-corrected chi connectivity index (χ2v) is 5.81. The first-order chi connectivity index (χ1) is 10.2. The lowest BCUT2D eigenvalue weighted by Gasteiger charge is -2.20. The number of aromatic nitrogens is 1. The van der Waals surface area contributed by atoms with Gasteiger partial charge in [-0.15, -0.1) is 11.3 Å². The maximum absolute atomic E-state index is 12.2. The first-order valence-corrected chi connectivity index (χ1v) is 7.98. The largest absolute Gasteiger partial charge is 0.442 e. The summed E-state index contributed by atoms with van der Waals surface area (Å²) in [6.07, 6.45) is 2.50. The molecular formula is C15H20N2O3S. The summed E-state index contributed by atoms with van der Waals surface area (Å²) in [5.41, 5.74) is 0.259. The average molecular weight is 308 g/mol. The van der Waals surface area contributed by atoms with E-state index in [0.29, 0.717) is 5.76 Å². The van der Waals surface area contributed by atoms with E-state index >= 15 is 0 Å². The number of nitrogens with zero attached hydrogens (tertiary/aromatic N) is 1. The average Bonchev–Trinajstić information content (AvgIpc) is 3.15. The molecule has 0 saturated heterocycles. The minimum atomic E-state index is -0.541. The highest BCUT2D eigenvalue weighted by Crippen LogP contribution is 2.27. The summed E-state index contributed by atoms with van der Waals surface area (Å²) in [7, 11) is 0. The Kier molecular flexibility index (Phi) is 5.52. The van der Waals surface area contributed by atoms with Crippen LogP contribution in [0.15, 0.2) is 28.3 Å². The molecule has 114 valence electrons. The fraction of sp³-hybridized carbons (Fsp3) is 0.467. The van der Waals surface area contributed by atoms with Gasteiger partial charge in [-0.05, 0) is 17.4 Å². The van der Waals surface area contributed by atoms with E-state index in [1.54, 1.807) is 0 Å². The van der Waals surface area contributed by atoms with Crippen molar-refractivity contribution in [2.75, 3.05) is 6.54 Å². The second-order valence-electron chi connectivity index (χ2n) is 4.86. The number of carbonyl (C=O) groups excluding carboxylic acids is 1. The van der Waals surface area contributed by atoms with Crippen LogP contribution in [0.3, 0.4) is 0 Å². The van der Waals surface area contributed by atoms with Crippen LogP contribution in [0.5, 0.6) is 0 Å². The molecule has 1 unspecified atom stereocenters. The van der Waals surface area contributed by atoms with Crippen LogP contribution < -0.4 is 5.32 Å². The van der Waals surface area contributed by atoms with Crippen molar-refractivity contribution in [2.24, 2.45) is 5.92 Å². The van der Waals surface area contributed by atoms with Crippen molar-refractivity contribution < 1.29 is 14.3 Å². The van der Waals surface area contributed by atoms with Crippen molar-refractivity contribution in [1.82, 2.24) is 10.3 Å². The topological polar surface area (TPSA) is 75.4 Å². The fourth-order valence-electron chi connectivity index (χ4n) is 2.27. The molecule has 0 aliphatic rings. The summed E-state index contributed by atoms with van der Waals surface area (Å²) in [6, 6.07) is 3.77. The molecule has 0 spiro atoms. The van der Waals surface area contributed by atoms with E-state index in [1.807, 2.05) is 31.4 Å². The summed E-state index contributed by atoms with van der Waals surface area (Å²) in [5.74, 6) is 0.344. The third-order valence-corrected chi connectivity index (χ3v) is 4.46. The monoisotopic (exact) mass is 308 g/mol. The van der Waals surface area contributed by atoms with Gasteiger partial charge >= 0.3 is 0 Å². The molecule has 0 bridgehead atoms. The standard InChI is InChI=1S/C15H20N2O3S/c1-3-10(4-2)11(18)8-16-15(19)13-14(20-9-17-13)12-6-5-7-21-12/h5-7,9-11,18H,3-4,8H2,1-2H3,(H,16,19). The van der Waals surface area contributed by atoms with Gasteiger partial charge in [-0.25, -0.2) is 4.98 Å². The molecule has 2 rings (SSSR count). The summed E-state index contributed by atoms with van der Waals surface area (Å²) in [6.45, 7) is 4.29. The molecule has 2 heterocycles. The highest BCUT2D eigenvalue weighted by molar-refractivity contribution is 7.13. The van der Waals surface area contributed by atoms with Gasteiger partial charge < -0.3 is 14.8 Å². The van der Waals surface area contributed by atoms with E-state index < -0.39 is 6.10 Å². The lowest BCUT2D eigenvalue weighted by Crippen LogP contribution is -2.36. The molecule has 1 atom stereocenters. The van der Waals surface area contributed by atoms with Crippen LogP contribution in [0.25, 0.3) is 10.6 Å². The molecule has 0 aliphatic heterocycles.